The zero-order chi connectivity index (χ0) is 16.1. The van der Waals surface area contributed by atoms with Gasteiger partial charge in [-0.15, -0.1) is 0 Å². The van der Waals surface area contributed by atoms with E-state index in [9.17, 15) is 0 Å². The summed E-state index contributed by atoms with van der Waals surface area (Å²) in [4.78, 5) is 0. The van der Waals surface area contributed by atoms with Gasteiger partial charge in [0.1, 0.15) is 0 Å². The molecule has 0 aliphatic rings. The maximum atomic E-state index is 6.35. The van der Waals surface area contributed by atoms with Gasteiger partial charge in [-0.25, -0.2) is 5.84 Å². The monoisotopic (exact) mass is 302 g/mol. The molecule has 3 rings (SSSR count). The highest BCUT2D eigenvalue weighted by atomic mass is 15.4. The Labute approximate surface area is 138 Å². The normalized spacial score (nSPS) is 10.7. The Morgan fingerprint density at radius 2 is 1.22 bits per heavy atom. The summed E-state index contributed by atoms with van der Waals surface area (Å²) < 4.78 is 0. The van der Waals surface area contributed by atoms with E-state index in [-0.39, 0.29) is 5.92 Å². The Balaban J connectivity index is 1.88. The summed E-state index contributed by atoms with van der Waals surface area (Å²) in [6.45, 7) is 2.82. The van der Waals surface area contributed by atoms with Crippen molar-refractivity contribution in [2.24, 2.45) is 5.84 Å². The van der Waals surface area contributed by atoms with Gasteiger partial charge in [-0.3, -0.25) is 0 Å². The van der Waals surface area contributed by atoms with Gasteiger partial charge in [0.2, 0.25) is 0 Å². The number of aryl methyl sites for hydroxylation is 1. The standard InChI is InChI=1S/C21H22N2/c1-17-12-14-20(15-13-17)23(22)16-21(18-8-4-2-5-9-18)19-10-6-3-7-11-19/h2-15,21H,16,22H2,1H3. The van der Waals surface area contributed by atoms with Crippen LogP contribution in [0.1, 0.15) is 22.6 Å². The van der Waals surface area contributed by atoms with E-state index in [4.69, 9.17) is 5.84 Å². The minimum Gasteiger partial charge on any atom is -0.310 e. The molecular weight excluding hydrogens is 280 g/mol. The van der Waals surface area contributed by atoms with Crippen molar-refractivity contribution in [2.75, 3.05) is 11.6 Å². The van der Waals surface area contributed by atoms with Crippen LogP contribution in [0.25, 0.3) is 0 Å². The molecule has 0 bridgehead atoms. The van der Waals surface area contributed by atoms with Crippen molar-refractivity contribution < 1.29 is 0 Å². The van der Waals surface area contributed by atoms with Gasteiger partial charge in [-0.05, 0) is 30.2 Å². The lowest BCUT2D eigenvalue weighted by molar-refractivity contribution is 0.739. The zero-order valence-corrected chi connectivity index (χ0v) is 13.4. The van der Waals surface area contributed by atoms with Crippen LogP contribution < -0.4 is 10.9 Å². The molecule has 0 amide bonds. The Bertz CT molecular complexity index is 681. The first-order valence-corrected chi connectivity index (χ1v) is 7.93. The van der Waals surface area contributed by atoms with Crippen molar-refractivity contribution in [2.45, 2.75) is 12.8 Å². The molecule has 0 atom stereocenters. The number of nitrogens with zero attached hydrogens (tertiary/aromatic N) is 1. The molecule has 0 heterocycles. The van der Waals surface area contributed by atoms with Crippen LogP contribution in [0.15, 0.2) is 84.9 Å². The molecule has 116 valence electrons. The number of rotatable bonds is 5. The van der Waals surface area contributed by atoms with Crippen molar-refractivity contribution in [1.29, 1.82) is 0 Å². The molecule has 0 aliphatic heterocycles. The van der Waals surface area contributed by atoms with Crippen molar-refractivity contribution in [1.82, 2.24) is 0 Å². The van der Waals surface area contributed by atoms with Crippen LogP contribution >= 0.6 is 0 Å². The fourth-order valence-electron chi connectivity index (χ4n) is 2.81. The maximum absolute atomic E-state index is 6.35. The average Bonchev–Trinajstić information content (AvgIpc) is 2.61. The summed E-state index contributed by atoms with van der Waals surface area (Å²) in [6, 6.07) is 29.4. The molecule has 0 radical (unpaired) electrons. The summed E-state index contributed by atoms with van der Waals surface area (Å²) in [7, 11) is 0. The molecule has 23 heavy (non-hydrogen) atoms. The number of anilines is 1. The summed E-state index contributed by atoms with van der Waals surface area (Å²) in [5.74, 6) is 6.59. The second-order valence-electron chi connectivity index (χ2n) is 5.86. The van der Waals surface area contributed by atoms with Crippen LogP contribution in [0.4, 0.5) is 5.69 Å². The Morgan fingerprint density at radius 1 is 0.739 bits per heavy atom. The predicted octanol–water partition coefficient (Wildman–Crippen LogP) is 4.51. The van der Waals surface area contributed by atoms with Crippen LogP contribution in [0, 0.1) is 6.92 Å². The highest BCUT2D eigenvalue weighted by Crippen LogP contribution is 2.26. The van der Waals surface area contributed by atoms with Crippen molar-refractivity contribution in [3.63, 3.8) is 0 Å². The molecule has 0 saturated carbocycles. The number of nitrogens with two attached hydrogens (primary N) is 1. The van der Waals surface area contributed by atoms with Gasteiger partial charge in [0.15, 0.2) is 0 Å². The molecule has 0 unspecified atom stereocenters. The first-order valence-electron chi connectivity index (χ1n) is 7.93. The van der Waals surface area contributed by atoms with Gasteiger partial charge < -0.3 is 5.01 Å². The number of hydrogen-bond donors (Lipinski definition) is 1. The summed E-state index contributed by atoms with van der Waals surface area (Å²) >= 11 is 0. The maximum Gasteiger partial charge on any atom is 0.0517 e. The fraction of sp³-hybridized carbons (Fsp3) is 0.143. The Kier molecular flexibility index (Phi) is 4.74. The largest absolute Gasteiger partial charge is 0.310 e. The molecule has 2 heteroatoms. The minimum absolute atomic E-state index is 0.240. The van der Waals surface area contributed by atoms with Crippen LogP contribution in [0.3, 0.4) is 0 Å². The SMILES string of the molecule is Cc1ccc(N(N)CC(c2ccccc2)c2ccccc2)cc1. The first kappa shape index (κ1) is 15.3. The number of hydrogen-bond acceptors (Lipinski definition) is 2. The average molecular weight is 302 g/mol. The molecule has 0 aliphatic carbocycles. The van der Waals surface area contributed by atoms with E-state index in [1.54, 1.807) is 0 Å². The van der Waals surface area contributed by atoms with E-state index < -0.39 is 0 Å². The van der Waals surface area contributed by atoms with Crippen molar-refractivity contribution >= 4 is 5.69 Å². The summed E-state index contributed by atoms with van der Waals surface area (Å²) in [5.41, 5.74) is 4.83. The van der Waals surface area contributed by atoms with Gasteiger partial charge in [0.25, 0.3) is 0 Å². The molecule has 0 fully saturated rings. The van der Waals surface area contributed by atoms with Crippen molar-refractivity contribution in [3.05, 3.63) is 102 Å². The topological polar surface area (TPSA) is 29.3 Å². The minimum atomic E-state index is 0.240. The Hall–Kier alpha value is -2.58. The third-order valence-corrected chi connectivity index (χ3v) is 4.15. The van der Waals surface area contributed by atoms with Gasteiger partial charge in [0.05, 0.1) is 5.69 Å². The van der Waals surface area contributed by atoms with E-state index in [2.05, 4.69) is 79.7 Å². The second kappa shape index (κ2) is 7.12. The molecular formula is C21H22N2. The van der Waals surface area contributed by atoms with E-state index >= 15 is 0 Å². The highest BCUT2D eigenvalue weighted by molar-refractivity contribution is 5.47. The van der Waals surface area contributed by atoms with Gasteiger partial charge in [0, 0.05) is 12.5 Å². The predicted molar refractivity (Wildman–Crippen MR) is 97.4 cm³/mol. The lowest BCUT2D eigenvalue weighted by Gasteiger charge is -2.26. The Morgan fingerprint density at radius 3 is 1.70 bits per heavy atom. The smallest absolute Gasteiger partial charge is 0.0517 e. The van der Waals surface area contributed by atoms with Crippen LogP contribution in [-0.4, -0.2) is 6.54 Å². The van der Waals surface area contributed by atoms with Gasteiger partial charge in [-0.2, -0.15) is 0 Å². The molecule has 2 nitrogen and oxygen atoms in total. The fourth-order valence-corrected chi connectivity index (χ4v) is 2.81. The van der Waals surface area contributed by atoms with Crippen molar-refractivity contribution in [3.8, 4) is 0 Å². The highest BCUT2D eigenvalue weighted by Gasteiger charge is 2.16. The number of benzene rings is 3. The lowest BCUT2D eigenvalue weighted by Crippen LogP contribution is -2.35. The number of hydrazine groups is 1. The van der Waals surface area contributed by atoms with Crippen LogP contribution in [0.5, 0.6) is 0 Å². The van der Waals surface area contributed by atoms with E-state index in [0.29, 0.717) is 0 Å². The van der Waals surface area contributed by atoms with Gasteiger partial charge in [-0.1, -0.05) is 78.4 Å². The molecule has 0 aromatic heterocycles. The lowest BCUT2D eigenvalue weighted by atomic mass is 9.91. The van der Waals surface area contributed by atoms with E-state index in [0.717, 1.165) is 12.2 Å². The summed E-state index contributed by atoms with van der Waals surface area (Å²) in [5, 5.41) is 1.84. The van der Waals surface area contributed by atoms with E-state index in [1.807, 2.05) is 17.1 Å². The first-order chi connectivity index (χ1) is 11.2. The van der Waals surface area contributed by atoms with E-state index in [1.165, 1.54) is 16.7 Å². The molecule has 3 aromatic rings. The molecule has 3 aromatic carbocycles. The zero-order valence-electron chi connectivity index (χ0n) is 13.4. The third-order valence-electron chi connectivity index (χ3n) is 4.15. The molecule has 0 spiro atoms. The quantitative estimate of drug-likeness (QED) is 0.555. The molecule has 0 saturated heterocycles. The van der Waals surface area contributed by atoms with Gasteiger partial charge >= 0.3 is 0 Å². The summed E-state index contributed by atoms with van der Waals surface area (Å²) in [6.07, 6.45) is 0. The molecule has 2 N–H and O–H groups in total. The van der Waals surface area contributed by atoms with Crippen LogP contribution in [-0.2, 0) is 0 Å². The third kappa shape index (κ3) is 3.79. The second-order valence-corrected chi connectivity index (χ2v) is 5.86. The van der Waals surface area contributed by atoms with Crippen LogP contribution in [0.2, 0.25) is 0 Å².